The molecule has 0 radical (unpaired) electrons. The van der Waals surface area contributed by atoms with E-state index < -0.39 is 0 Å². The van der Waals surface area contributed by atoms with Crippen LogP contribution < -0.4 is 5.32 Å². The maximum absolute atomic E-state index is 12.1. The molecule has 1 aromatic heterocycles. The molecule has 0 saturated carbocycles. The summed E-state index contributed by atoms with van der Waals surface area (Å²) < 4.78 is 0. The molecule has 2 rings (SSSR count). The second-order valence-electron chi connectivity index (χ2n) is 4.58. The standard InChI is InChI=1S/C15H17NO2S/c1-9-8-13(11(3)19-9)10(2)16-15(18)12-6-4-5-7-14(12)17/h4-8,10,17H,1-3H3,(H,16,18). The van der Waals surface area contributed by atoms with Crippen LogP contribution in [0.15, 0.2) is 30.3 Å². The van der Waals surface area contributed by atoms with Gasteiger partial charge in [0.1, 0.15) is 5.75 Å². The highest BCUT2D eigenvalue weighted by Gasteiger charge is 2.16. The van der Waals surface area contributed by atoms with E-state index in [0.717, 1.165) is 5.56 Å². The van der Waals surface area contributed by atoms with Crippen LogP contribution in [-0.4, -0.2) is 11.0 Å². The van der Waals surface area contributed by atoms with Gasteiger partial charge in [-0.3, -0.25) is 4.79 Å². The molecule has 19 heavy (non-hydrogen) atoms. The van der Waals surface area contributed by atoms with Crippen LogP contribution in [0, 0.1) is 13.8 Å². The quantitative estimate of drug-likeness (QED) is 0.899. The number of aryl methyl sites for hydroxylation is 2. The van der Waals surface area contributed by atoms with Crippen LogP contribution in [0.2, 0.25) is 0 Å². The van der Waals surface area contributed by atoms with Crippen LogP contribution in [0.25, 0.3) is 0 Å². The van der Waals surface area contributed by atoms with Gasteiger partial charge in [-0.25, -0.2) is 0 Å². The Morgan fingerprint density at radius 3 is 2.58 bits per heavy atom. The molecule has 0 spiro atoms. The summed E-state index contributed by atoms with van der Waals surface area (Å²) in [4.78, 5) is 14.5. The van der Waals surface area contributed by atoms with Crippen LogP contribution in [-0.2, 0) is 0 Å². The third kappa shape index (κ3) is 2.96. The van der Waals surface area contributed by atoms with E-state index >= 15 is 0 Å². The highest BCUT2D eigenvalue weighted by molar-refractivity contribution is 7.12. The first-order valence-corrected chi connectivity index (χ1v) is 6.96. The van der Waals surface area contributed by atoms with Gasteiger partial charge < -0.3 is 10.4 Å². The highest BCUT2D eigenvalue weighted by atomic mass is 32.1. The number of para-hydroxylation sites is 1. The molecule has 1 heterocycles. The monoisotopic (exact) mass is 275 g/mol. The van der Waals surface area contributed by atoms with Crippen LogP contribution >= 0.6 is 11.3 Å². The lowest BCUT2D eigenvalue weighted by atomic mass is 10.1. The van der Waals surface area contributed by atoms with Crippen molar-refractivity contribution >= 4 is 17.2 Å². The Bertz CT molecular complexity index is 604. The van der Waals surface area contributed by atoms with E-state index in [0.29, 0.717) is 5.56 Å². The molecule has 0 saturated heterocycles. The van der Waals surface area contributed by atoms with Gasteiger partial charge in [0, 0.05) is 9.75 Å². The van der Waals surface area contributed by atoms with Gasteiger partial charge in [-0.15, -0.1) is 11.3 Å². The van der Waals surface area contributed by atoms with Crippen molar-refractivity contribution < 1.29 is 9.90 Å². The van der Waals surface area contributed by atoms with Crippen molar-refractivity contribution in [1.82, 2.24) is 5.32 Å². The molecule has 100 valence electrons. The third-order valence-corrected chi connectivity index (χ3v) is 4.02. The molecule has 0 aliphatic heterocycles. The van der Waals surface area contributed by atoms with E-state index in [-0.39, 0.29) is 17.7 Å². The van der Waals surface area contributed by atoms with Crippen LogP contribution in [0.1, 0.15) is 38.6 Å². The Labute approximate surface area is 116 Å². The van der Waals surface area contributed by atoms with Crippen molar-refractivity contribution in [2.24, 2.45) is 0 Å². The number of carbonyl (C=O) groups excluding carboxylic acids is 1. The smallest absolute Gasteiger partial charge is 0.255 e. The summed E-state index contributed by atoms with van der Waals surface area (Å²) >= 11 is 1.72. The SMILES string of the molecule is Cc1cc(C(C)NC(=O)c2ccccc2O)c(C)s1. The lowest BCUT2D eigenvalue weighted by Crippen LogP contribution is -2.26. The van der Waals surface area contributed by atoms with E-state index in [9.17, 15) is 9.90 Å². The molecule has 0 aliphatic carbocycles. The molecule has 3 nitrogen and oxygen atoms in total. The van der Waals surface area contributed by atoms with Gasteiger partial charge in [0.25, 0.3) is 5.91 Å². The number of thiophene rings is 1. The highest BCUT2D eigenvalue weighted by Crippen LogP contribution is 2.26. The molecule has 0 aliphatic rings. The van der Waals surface area contributed by atoms with Crippen molar-refractivity contribution in [3.8, 4) is 5.75 Å². The normalized spacial score (nSPS) is 12.2. The van der Waals surface area contributed by atoms with Crippen LogP contribution in [0.5, 0.6) is 5.75 Å². The average molecular weight is 275 g/mol. The maximum Gasteiger partial charge on any atom is 0.255 e. The summed E-state index contributed by atoms with van der Waals surface area (Å²) in [6.07, 6.45) is 0. The molecule has 0 bridgehead atoms. The second-order valence-corrected chi connectivity index (χ2v) is 6.04. The molecular formula is C15H17NO2S. The summed E-state index contributed by atoms with van der Waals surface area (Å²) in [6, 6.07) is 8.58. The fourth-order valence-corrected chi connectivity index (χ4v) is 3.12. The number of amides is 1. The van der Waals surface area contributed by atoms with E-state index in [1.165, 1.54) is 15.8 Å². The first-order valence-electron chi connectivity index (χ1n) is 6.15. The fraction of sp³-hybridized carbons (Fsp3) is 0.267. The lowest BCUT2D eigenvalue weighted by Gasteiger charge is -2.14. The van der Waals surface area contributed by atoms with Gasteiger partial charge in [-0.05, 0) is 44.5 Å². The number of aromatic hydroxyl groups is 1. The number of benzene rings is 1. The molecule has 1 atom stereocenters. The van der Waals surface area contributed by atoms with Gasteiger partial charge >= 0.3 is 0 Å². The number of nitrogens with one attached hydrogen (secondary N) is 1. The summed E-state index contributed by atoms with van der Waals surface area (Å²) in [7, 11) is 0. The number of rotatable bonds is 3. The predicted octanol–water partition coefficient (Wildman–Crippen LogP) is 3.56. The Kier molecular flexibility index (Phi) is 3.90. The molecule has 1 amide bonds. The zero-order valence-electron chi connectivity index (χ0n) is 11.2. The van der Waals surface area contributed by atoms with E-state index in [2.05, 4.69) is 25.2 Å². The van der Waals surface area contributed by atoms with Gasteiger partial charge in [0.05, 0.1) is 11.6 Å². The summed E-state index contributed by atoms with van der Waals surface area (Å²) in [5.41, 5.74) is 1.44. The number of hydrogen-bond acceptors (Lipinski definition) is 3. The van der Waals surface area contributed by atoms with Crippen molar-refractivity contribution in [1.29, 1.82) is 0 Å². The minimum Gasteiger partial charge on any atom is -0.507 e. The summed E-state index contributed by atoms with van der Waals surface area (Å²) in [5.74, 6) is -0.251. The molecule has 0 fully saturated rings. The third-order valence-electron chi connectivity index (χ3n) is 3.04. The average Bonchev–Trinajstić information content (AvgIpc) is 2.69. The first kappa shape index (κ1) is 13.6. The Hall–Kier alpha value is -1.81. The van der Waals surface area contributed by atoms with E-state index in [1.54, 1.807) is 29.5 Å². The number of phenols is 1. The molecule has 2 aromatic rings. The van der Waals surface area contributed by atoms with Gasteiger partial charge in [-0.2, -0.15) is 0 Å². The largest absolute Gasteiger partial charge is 0.507 e. The second kappa shape index (κ2) is 5.45. The molecule has 2 N–H and O–H groups in total. The number of hydrogen-bond donors (Lipinski definition) is 2. The Morgan fingerprint density at radius 1 is 1.32 bits per heavy atom. The predicted molar refractivity (Wildman–Crippen MR) is 77.8 cm³/mol. The first-order chi connectivity index (χ1) is 8.99. The number of carbonyl (C=O) groups is 1. The zero-order valence-corrected chi connectivity index (χ0v) is 12.0. The van der Waals surface area contributed by atoms with Crippen molar-refractivity contribution in [2.45, 2.75) is 26.8 Å². The molecule has 4 heteroatoms. The fourth-order valence-electron chi connectivity index (χ4n) is 2.10. The molecular weight excluding hydrogens is 258 g/mol. The van der Waals surface area contributed by atoms with Gasteiger partial charge in [0.15, 0.2) is 0 Å². The molecule has 1 aromatic carbocycles. The minimum absolute atomic E-state index is 0.00502. The molecule has 1 unspecified atom stereocenters. The van der Waals surface area contributed by atoms with E-state index in [1.807, 2.05) is 6.92 Å². The minimum atomic E-state index is -0.256. The van der Waals surface area contributed by atoms with Crippen molar-refractivity contribution in [2.75, 3.05) is 0 Å². The van der Waals surface area contributed by atoms with Crippen molar-refractivity contribution in [3.63, 3.8) is 0 Å². The van der Waals surface area contributed by atoms with Gasteiger partial charge in [0.2, 0.25) is 0 Å². The Morgan fingerprint density at radius 2 is 2.00 bits per heavy atom. The lowest BCUT2D eigenvalue weighted by molar-refractivity contribution is 0.0937. The Balaban J connectivity index is 2.15. The topological polar surface area (TPSA) is 49.3 Å². The summed E-state index contributed by atoms with van der Waals surface area (Å²) in [6.45, 7) is 6.06. The van der Waals surface area contributed by atoms with E-state index in [4.69, 9.17) is 0 Å². The van der Waals surface area contributed by atoms with Gasteiger partial charge in [-0.1, -0.05) is 12.1 Å². The van der Waals surface area contributed by atoms with Crippen LogP contribution in [0.4, 0.5) is 0 Å². The zero-order chi connectivity index (χ0) is 14.0. The summed E-state index contributed by atoms with van der Waals surface area (Å²) in [5, 5.41) is 12.6. The van der Waals surface area contributed by atoms with Crippen molar-refractivity contribution in [3.05, 3.63) is 51.2 Å². The number of phenolic OH excluding ortho intramolecular Hbond substituents is 1. The van der Waals surface area contributed by atoms with Crippen LogP contribution in [0.3, 0.4) is 0 Å². The maximum atomic E-state index is 12.1.